The van der Waals surface area contributed by atoms with Gasteiger partial charge in [0.05, 0.1) is 6.54 Å². The van der Waals surface area contributed by atoms with Crippen LogP contribution in [0.5, 0.6) is 0 Å². The van der Waals surface area contributed by atoms with Crippen molar-refractivity contribution in [2.45, 2.75) is 38.6 Å². The highest BCUT2D eigenvalue weighted by atomic mass is 16.2. The zero-order chi connectivity index (χ0) is 12.1. The third-order valence-corrected chi connectivity index (χ3v) is 3.88. The van der Waals surface area contributed by atoms with E-state index in [-0.39, 0.29) is 5.91 Å². The molecule has 0 unspecified atom stereocenters. The van der Waals surface area contributed by atoms with Gasteiger partial charge in [0.15, 0.2) is 0 Å². The van der Waals surface area contributed by atoms with Crippen LogP contribution in [0.2, 0.25) is 0 Å². The molecule has 1 atom stereocenters. The van der Waals surface area contributed by atoms with Gasteiger partial charge in [-0.05, 0) is 52.2 Å². The first-order valence-corrected chi connectivity index (χ1v) is 7.02. The molecule has 2 aliphatic rings. The van der Waals surface area contributed by atoms with Crippen LogP contribution in [0.4, 0.5) is 0 Å². The molecule has 2 fully saturated rings. The molecule has 4 heteroatoms. The molecule has 2 heterocycles. The van der Waals surface area contributed by atoms with Crippen molar-refractivity contribution in [3.63, 3.8) is 0 Å². The van der Waals surface area contributed by atoms with E-state index in [1.807, 2.05) is 6.92 Å². The summed E-state index contributed by atoms with van der Waals surface area (Å²) < 4.78 is 0. The van der Waals surface area contributed by atoms with Crippen LogP contribution < -0.4 is 5.32 Å². The molecule has 1 amide bonds. The predicted octanol–water partition coefficient (Wildman–Crippen LogP) is 0.683. The van der Waals surface area contributed by atoms with Crippen LogP contribution in [0, 0.1) is 0 Å². The van der Waals surface area contributed by atoms with Crippen molar-refractivity contribution in [3.05, 3.63) is 0 Å². The fraction of sp³-hybridized carbons (Fsp3) is 0.923. The summed E-state index contributed by atoms with van der Waals surface area (Å²) in [6.45, 7) is 7.99. The molecule has 4 nitrogen and oxygen atoms in total. The number of amides is 1. The molecule has 0 spiro atoms. The molecule has 0 aliphatic carbocycles. The number of likely N-dealkylation sites (N-methyl/N-ethyl adjacent to an activating group) is 1. The topological polar surface area (TPSA) is 35.6 Å². The largest absolute Gasteiger partial charge is 0.355 e. The van der Waals surface area contributed by atoms with Gasteiger partial charge in [-0.2, -0.15) is 0 Å². The molecule has 98 valence electrons. The summed E-state index contributed by atoms with van der Waals surface area (Å²) in [6.07, 6.45) is 5.26. The Morgan fingerprint density at radius 3 is 2.71 bits per heavy atom. The van der Waals surface area contributed by atoms with Gasteiger partial charge < -0.3 is 5.32 Å². The van der Waals surface area contributed by atoms with Gasteiger partial charge in [0.1, 0.15) is 0 Å². The first-order valence-electron chi connectivity index (χ1n) is 7.02. The maximum Gasteiger partial charge on any atom is 0.234 e. The summed E-state index contributed by atoms with van der Waals surface area (Å²) in [6, 6.07) is 0.695. The second kappa shape index (κ2) is 6.36. The molecule has 0 bridgehead atoms. The highest BCUT2D eigenvalue weighted by Crippen LogP contribution is 2.20. The lowest BCUT2D eigenvalue weighted by Crippen LogP contribution is -2.49. The van der Waals surface area contributed by atoms with Crippen LogP contribution in [-0.4, -0.2) is 61.0 Å². The van der Waals surface area contributed by atoms with Gasteiger partial charge in [-0.15, -0.1) is 0 Å². The van der Waals surface area contributed by atoms with Gasteiger partial charge in [-0.1, -0.05) is 0 Å². The molecule has 1 N–H and O–H groups in total. The second-order valence-electron chi connectivity index (χ2n) is 5.23. The number of carbonyl (C=O) groups is 1. The SMILES string of the molecule is CCNC(=O)CN1CCC[C@@H](N2CCCC2)C1. The van der Waals surface area contributed by atoms with Crippen LogP contribution >= 0.6 is 0 Å². The Labute approximate surface area is 104 Å². The average Bonchev–Trinajstić information content (AvgIpc) is 2.83. The van der Waals surface area contributed by atoms with Gasteiger partial charge in [-0.3, -0.25) is 14.6 Å². The van der Waals surface area contributed by atoms with Crippen molar-refractivity contribution in [2.75, 3.05) is 39.3 Å². The van der Waals surface area contributed by atoms with E-state index >= 15 is 0 Å². The number of hydrogen-bond donors (Lipinski definition) is 1. The lowest BCUT2D eigenvalue weighted by atomic mass is 10.0. The number of rotatable bonds is 4. The molecule has 2 rings (SSSR count). The Hall–Kier alpha value is -0.610. The third kappa shape index (κ3) is 3.68. The van der Waals surface area contributed by atoms with Crippen LogP contribution in [0.25, 0.3) is 0 Å². The minimum atomic E-state index is 0.176. The molecule has 0 saturated carbocycles. The molecule has 17 heavy (non-hydrogen) atoms. The van der Waals surface area contributed by atoms with Crippen molar-refractivity contribution in [1.82, 2.24) is 15.1 Å². The van der Waals surface area contributed by atoms with Gasteiger partial charge in [0.2, 0.25) is 5.91 Å². The second-order valence-corrected chi connectivity index (χ2v) is 5.23. The first kappa shape index (κ1) is 12.8. The predicted molar refractivity (Wildman–Crippen MR) is 69.0 cm³/mol. The van der Waals surface area contributed by atoms with Crippen LogP contribution in [0.3, 0.4) is 0 Å². The van der Waals surface area contributed by atoms with Crippen molar-refractivity contribution in [3.8, 4) is 0 Å². The quantitative estimate of drug-likeness (QED) is 0.784. The minimum Gasteiger partial charge on any atom is -0.355 e. The smallest absolute Gasteiger partial charge is 0.234 e. The van der Waals surface area contributed by atoms with E-state index < -0.39 is 0 Å². The fourth-order valence-corrected chi connectivity index (χ4v) is 3.04. The van der Waals surface area contributed by atoms with Gasteiger partial charge in [-0.25, -0.2) is 0 Å². The molecular formula is C13H25N3O. The lowest BCUT2D eigenvalue weighted by Gasteiger charge is -2.37. The van der Waals surface area contributed by atoms with E-state index in [1.54, 1.807) is 0 Å². The number of likely N-dealkylation sites (tertiary alicyclic amines) is 2. The highest BCUT2D eigenvalue weighted by molar-refractivity contribution is 5.77. The fourth-order valence-electron chi connectivity index (χ4n) is 3.04. The lowest BCUT2D eigenvalue weighted by molar-refractivity contribution is -0.122. The van der Waals surface area contributed by atoms with Crippen molar-refractivity contribution in [1.29, 1.82) is 0 Å². The summed E-state index contributed by atoms with van der Waals surface area (Å²) in [5, 5.41) is 2.88. The van der Waals surface area contributed by atoms with E-state index in [4.69, 9.17) is 0 Å². The molecular weight excluding hydrogens is 214 g/mol. The first-order chi connectivity index (χ1) is 8.29. The Morgan fingerprint density at radius 1 is 1.24 bits per heavy atom. The molecule has 2 saturated heterocycles. The maximum atomic E-state index is 11.6. The standard InChI is InChI=1S/C13H25N3O/c1-2-14-13(17)11-15-7-5-6-12(10-15)16-8-3-4-9-16/h12H,2-11H2,1H3,(H,14,17)/t12-/m1/s1. The van der Waals surface area contributed by atoms with Gasteiger partial charge >= 0.3 is 0 Å². The van der Waals surface area contributed by atoms with Crippen molar-refractivity contribution in [2.24, 2.45) is 0 Å². The molecule has 0 aromatic carbocycles. The van der Waals surface area contributed by atoms with Gasteiger partial charge in [0.25, 0.3) is 0 Å². The highest BCUT2D eigenvalue weighted by Gasteiger charge is 2.27. The summed E-state index contributed by atoms with van der Waals surface area (Å²) in [4.78, 5) is 16.5. The summed E-state index contributed by atoms with van der Waals surface area (Å²) in [7, 11) is 0. The Balaban J connectivity index is 1.77. The summed E-state index contributed by atoms with van der Waals surface area (Å²) >= 11 is 0. The number of piperidine rings is 1. The van der Waals surface area contributed by atoms with E-state index in [0.717, 1.165) is 19.6 Å². The zero-order valence-corrected chi connectivity index (χ0v) is 11.0. The average molecular weight is 239 g/mol. The van der Waals surface area contributed by atoms with E-state index in [1.165, 1.54) is 38.8 Å². The normalized spacial score (nSPS) is 27.2. The van der Waals surface area contributed by atoms with Gasteiger partial charge in [0, 0.05) is 19.1 Å². The van der Waals surface area contributed by atoms with E-state index in [0.29, 0.717) is 12.6 Å². The number of nitrogens with one attached hydrogen (secondary N) is 1. The third-order valence-electron chi connectivity index (χ3n) is 3.88. The summed E-state index contributed by atoms with van der Waals surface area (Å²) in [5.74, 6) is 0.176. The Morgan fingerprint density at radius 2 is 2.00 bits per heavy atom. The monoisotopic (exact) mass is 239 g/mol. The van der Waals surface area contributed by atoms with Crippen LogP contribution in [0.1, 0.15) is 32.6 Å². The number of carbonyl (C=O) groups excluding carboxylic acids is 1. The number of hydrogen-bond acceptors (Lipinski definition) is 3. The van der Waals surface area contributed by atoms with E-state index in [9.17, 15) is 4.79 Å². The number of nitrogens with zero attached hydrogens (tertiary/aromatic N) is 2. The summed E-state index contributed by atoms with van der Waals surface area (Å²) in [5.41, 5.74) is 0. The van der Waals surface area contributed by atoms with Crippen LogP contribution in [0.15, 0.2) is 0 Å². The van der Waals surface area contributed by atoms with Crippen molar-refractivity contribution < 1.29 is 4.79 Å². The Kier molecular flexibility index (Phi) is 4.80. The maximum absolute atomic E-state index is 11.6. The van der Waals surface area contributed by atoms with E-state index in [2.05, 4.69) is 15.1 Å². The van der Waals surface area contributed by atoms with Crippen molar-refractivity contribution >= 4 is 5.91 Å². The molecule has 0 aromatic heterocycles. The Bertz CT molecular complexity index is 251. The molecule has 2 aliphatic heterocycles. The zero-order valence-electron chi connectivity index (χ0n) is 11.0. The molecule has 0 aromatic rings. The minimum absolute atomic E-state index is 0.176. The van der Waals surface area contributed by atoms with Crippen LogP contribution in [-0.2, 0) is 4.79 Å². The molecule has 0 radical (unpaired) electrons.